The summed E-state index contributed by atoms with van der Waals surface area (Å²) in [5, 5.41) is 19.8. The van der Waals surface area contributed by atoms with Crippen LogP contribution < -0.4 is 0 Å². The average Bonchev–Trinajstić information content (AvgIpc) is 2.59. The fourth-order valence-electron chi connectivity index (χ4n) is 0.894. The molecule has 1 atom stereocenters. The molecule has 1 aromatic rings. The van der Waals surface area contributed by atoms with Gasteiger partial charge in [-0.1, -0.05) is 6.07 Å². The Kier molecular flexibility index (Phi) is 4.68. The van der Waals surface area contributed by atoms with E-state index in [1.54, 1.807) is 23.1 Å². The molecule has 1 heterocycles. The van der Waals surface area contributed by atoms with Crippen LogP contribution in [0, 0.1) is 0 Å². The molecule has 2 nitrogen and oxygen atoms in total. The summed E-state index contributed by atoms with van der Waals surface area (Å²) in [6.07, 6.45) is 0. The van der Waals surface area contributed by atoms with Crippen molar-refractivity contribution in [2.24, 2.45) is 0 Å². The first-order chi connectivity index (χ1) is 5.88. The van der Waals surface area contributed by atoms with Crippen LogP contribution in [0.2, 0.25) is 0 Å². The molecule has 68 valence electrons. The molecule has 0 aliphatic heterocycles. The molecule has 0 saturated heterocycles. The molecule has 2 N–H and O–H groups in total. The van der Waals surface area contributed by atoms with Crippen LogP contribution >= 0.6 is 23.1 Å². The van der Waals surface area contributed by atoms with E-state index in [9.17, 15) is 0 Å². The minimum absolute atomic E-state index is 0.136. The van der Waals surface area contributed by atoms with Gasteiger partial charge in [0, 0.05) is 10.6 Å². The van der Waals surface area contributed by atoms with Crippen molar-refractivity contribution in [2.75, 3.05) is 19.0 Å². The standard InChI is InChI=1S/C8H12O2S2/c9-3-5-12-8(6-10)7-2-1-4-11-7/h1-2,4,8-10H,3,5-6H2. The molecule has 1 unspecified atom stereocenters. The van der Waals surface area contributed by atoms with Crippen LogP contribution in [0.25, 0.3) is 0 Å². The van der Waals surface area contributed by atoms with Gasteiger partial charge in [0.15, 0.2) is 0 Å². The molecular formula is C8H12O2S2. The van der Waals surface area contributed by atoms with Gasteiger partial charge in [-0.3, -0.25) is 0 Å². The van der Waals surface area contributed by atoms with Crippen molar-refractivity contribution in [1.82, 2.24) is 0 Å². The lowest BCUT2D eigenvalue weighted by atomic mass is 10.3. The van der Waals surface area contributed by atoms with Crippen molar-refractivity contribution < 1.29 is 10.2 Å². The van der Waals surface area contributed by atoms with Crippen LogP contribution in [0.15, 0.2) is 17.5 Å². The van der Waals surface area contributed by atoms with Crippen molar-refractivity contribution in [3.05, 3.63) is 22.4 Å². The zero-order valence-corrected chi connectivity index (χ0v) is 8.27. The SMILES string of the molecule is OCCSC(CO)c1cccs1. The molecule has 0 aliphatic rings. The van der Waals surface area contributed by atoms with E-state index in [0.29, 0.717) is 5.75 Å². The number of hydrogen-bond acceptors (Lipinski definition) is 4. The van der Waals surface area contributed by atoms with Gasteiger partial charge in [-0.25, -0.2) is 0 Å². The minimum atomic E-state index is 0.136. The summed E-state index contributed by atoms with van der Waals surface area (Å²) in [6, 6.07) is 3.98. The Hall–Kier alpha value is -0.0300. The van der Waals surface area contributed by atoms with E-state index in [4.69, 9.17) is 10.2 Å². The summed E-state index contributed by atoms with van der Waals surface area (Å²) in [5.41, 5.74) is 0. The van der Waals surface area contributed by atoms with Gasteiger partial charge in [0.05, 0.1) is 18.5 Å². The normalized spacial score (nSPS) is 13.2. The van der Waals surface area contributed by atoms with Crippen LogP contribution in [0.3, 0.4) is 0 Å². The molecule has 0 spiro atoms. The number of thiophene rings is 1. The third-order valence-corrected chi connectivity index (χ3v) is 3.80. The van der Waals surface area contributed by atoms with E-state index >= 15 is 0 Å². The van der Waals surface area contributed by atoms with Gasteiger partial charge in [-0.05, 0) is 11.4 Å². The Morgan fingerprint density at radius 2 is 2.33 bits per heavy atom. The number of hydrogen-bond donors (Lipinski definition) is 2. The predicted octanol–water partition coefficient (Wildman–Crippen LogP) is 1.51. The van der Waals surface area contributed by atoms with Crippen LogP contribution in [0.4, 0.5) is 0 Å². The van der Waals surface area contributed by atoms with Gasteiger partial charge in [0.25, 0.3) is 0 Å². The maximum absolute atomic E-state index is 9.03. The van der Waals surface area contributed by atoms with E-state index in [2.05, 4.69) is 0 Å². The van der Waals surface area contributed by atoms with E-state index in [1.807, 2.05) is 17.5 Å². The third kappa shape index (κ3) is 2.79. The Bertz CT molecular complexity index is 199. The van der Waals surface area contributed by atoms with Crippen molar-refractivity contribution >= 4 is 23.1 Å². The number of aliphatic hydroxyl groups is 2. The summed E-state index contributed by atoms with van der Waals surface area (Å²) in [7, 11) is 0. The molecule has 0 radical (unpaired) electrons. The summed E-state index contributed by atoms with van der Waals surface area (Å²) >= 11 is 3.23. The largest absolute Gasteiger partial charge is 0.396 e. The van der Waals surface area contributed by atoms with E-state index < -0.39 is 0 Å². The van der Waals surface area contributed by atoms with Gasteiger partial charge in [0.2, 0.25) is 0 Å². The molecular weight excluding hydrogens is 192 g/mol. The maximum atomic E-state index is 9.03. The molecule has 0 aromatic carbocycles. The van der Waals surface area contributed by atoms with Crippen LogP contribution in [-0.4, -0.2) is 29.2 Å². The van der Waals surface area contributed by atoms with Gasteiger partial charge >= 0.3 is 0 Å². The van der Waals surface area contributed by atoms with E-state index in [1.165, 1.54) is 4.88 Å². The lowest BCUT2D eigenvalue weighted by Crippen LogP contribution is -1.99. The monoisotopic (exact) mass is 204 g/mol. The third-order valence-electron chi connectivity index (χ3n) is 1.44. The van der Waals surface area contributed by atoms with Crippen molar-refractivity contribution in [1.29, 1.82) is 0 Å². The van der Waals surface area contributed by atoms with E-state index in [0.717, 1.165) is 0 Å². The quantitative estimate of drug-likeness (QED) is 0.763. The summed E-state index contributed by atoms with van der Waals surface area (Å²) in [6.45, 7) is 0.317. The molecule has 1 aromatic heterocycles. The first-order valence-electron chi connectivity index (χ1n) is 3.75. The van der Waals surface area contributed by atoms with Gasteiger partial charge in [0.1, 0.15) is 0 Å². The summed E-state index contributed by atoms with van der Waals surface area (Å²) in [5.74, 6) is 0.684. The molecule has 0 fully saturated rings. The van der Waals surface area contributed by atoms with Gasteiger partial charge in [-0.15, -0.1) is 23.1 Å². The Balaban J connectivity index is 2.45. The molecule has 1 rings (SSSR count). The van der Waals surface area contributed by atoms with E-state index in [-0.39, 0.29) is 18.5 Å². The predicted molar refractivity (Wildman–Crippen MR) is 53.7 cm³/mol. The first kappa shape index (κ1) is 10.1. The Morgan fingerprint density at radius 3 is 2.83 bits per heavy atom. The first-order valence-corrected chi connectivity index (χ1v) is 5.68. The van der Waals surface area contributed by atoms with Crippen molar-refractivity contribution in [3.8, 4) is 0 Å². The molecule has 0 amide bonds. The van der Waals surface area contributed by atoms with Gasteiger partial charge < -0.3 is 10.2 Å². The van der Waals surface area contributed by atoms with Crippen molar-refractivity contribution in [3.63, 3.8) is 0 Å². The smallest absolute Gasteiger partial charge is 0.0622 e. The van der Waals surface area contributed by atoms with Crippen LogP contribution in [0.1, 0.15) is 10.1 Å². The number of rotatable bonds is 5. The molecule has 0 saturated carbocycles. The van der Waals surface area contributed by atoms with Gasteiger partial charge in [-0.2, -0.15) is 0 Å². The highest BCUT2D eigenvalue weighted by atomic mass is 32.2. The summed E-state index contributed by atoms with van der Waals surface area (Å²) in [4.78, 5) is 1.18. The van der Waals surface area contributed by atoms with Crippen LogP contribution in [-0.2, 0) is 0 Å². The fourth-order valence-corrected chi connectivity index (χ4v) is 2.70. The number of aliphatic hydroxyl groups excluding tert-OH is 2. The molecule has 4 heteroatoms. The zero-order chi connectivity index (χ0) is 8.81. The Morgan fingerprint density at radius 1 is 1.50 bits per heavy atom. The average molecular weight is 204 g/mol. The highest BCUT2D eigenvalue weighted by Gasteiger charge is 2.10. The Labute approximate surface area is 80.2 Å². The maximum Gasteiger partial charge on any atom is 0.0622 e. The highest BCUT2D eigenvalue weighted by Crippen LogP contribution is 2.30. The second-order valence-corrected chi connectivity index (χ2v) is 4.57. The molecule has 0 bridgehead atoms. The lowest BCUT2D eigenvalue weighted by Gasteiger charge is -2.10. The fraction of sp³-hybridized carbons (Fsp3) is 0.500. The second kappa shape index (κ2) is 5.59. The minimum Gasteiger partial charge on any atom is -0.396 e. The second-order valence-electron chi connectivity index (χ2n) is 2.28. The molecule has 12 heavy (non-hydrogen) atoms. The van der Waals surface area contributed by atoms with Crippen LogP contribution in [0.5, 0.6) is 0 Å². The summed E-state index contributed by atoms with van der Waals surface area (Å²) < 4.78 is 0. The lowest BCUT2D eigenvalue weighted by molar-refractivity contribution is 0.296. The highest BCUT2D eigenvalue weighted by molar-refractivity contribution is 7.99. The molecule has 0 aliphatic carbocycles. The topological polar surface area (TPSA) is 40.5 Å². The van der Waals surface area contributed by atoms with Crippen molar-refractivity contribution in [2.45, 2.75) is 5.25 Å². The number of thioether (sulfide) groups is 1. The zero-order valence-electron chi connectivity index (χ0n) is 6.64.